The molecule has 0 fully saturated rings. The van der Waals surface area contributed by atoms with E-state index in [1.54, 1.807) is 26.8 Å². The van der Waals surface area contributed by atoms with Crippen LogP contribution in [0.25, 0.3) is 11.1 Å². The van der Waals surface area contributed by atoms with Gasteiger partial charge in [-0.3, -0.25) is 0 Å². The number of benzene rings is 1. The van der Waals surface area contributed by atoms with Crippen molar-refractivity contribution in [3.8, 4) is 11.1 Å². The number of nitrogens with zero attached hydrogens (tertiary/aromatic N) is 1. The first-order valence-electron chi connectivity index (χ1n) is 7.22. The molecule has 0 aliphatic heterocycles. The van der Waals surface area contributed by atoms with E-state index in [4.69, 9.17) is 9.47 Å². The monoisotopic (exact) mass is 301 g/mol. The number of ether oxygens (including phenoxy) is 2. The smallest absolute Gasteiger partial charge is 0.418 e. The Morgan fingerprint density at radius 2 is 1.68 bits per heavy atom. The summed E-state index contributed by atoms with van der Waals surface area (Å²) in [6.07, 6.45) is -0.578. The van der Waals surface area contributed by atoms with Crippen LogP contribution in [-0.2, 0) is 9.47 Å². The summed E-state index contributed by atoms with van der Waals surface area (Å²) in [6.45, 7) is 5.68. The van der Waals surface area contributed by atoms with Gasteiger partial charge in [0.25, 0.3) is 0 Å². The van der Waals surface area contributed by atoms with Crippen LogP contribution in [0, 0.1) is 6.92 Å². The minimum Gasteiger partial charge on any atom is -0.461 e. The number of esters is 1. The highest BCUT2D eigenvalue weighted by Crippen LogP contribution is 2.28. The highest BCUT2D eigenvalue weighted by atomic mass is 16.6. The summed E-state index contributed by atoms with van der Waals surface area (Å²) in [5.74, 6) is -0.539. The zero-order valence-electron chi connectivity index (χ0n) is 13.0. The van der Waals surface area contributed by atoms with Crippen molar-refractivity contribution in [2.24, 2.45) is 0 Å². The third kappa shape index (κ3) is 3.03. The SMILES string of the molecule is CCOC(=O)c1c(-c2ccccc2)cc(C)n1C(=O)OCC. The maximum absolute atomic E-state index is 12.3. The fraction of sp³-hybridized carbons (Fsp3) is 0.294. The molecule has 0 bridgehead atoms. The summed E-state index contributed by atoms with van der Waals surface area (Å²) in [4.78, 5) is 24.5. The van der Waals surface area contributed by atoms with E-state index in [1.807, 2.05) is 30.3 Å². The molecule has 0 aliphatic carbocycles. The maximum atomic E-state index is 12.3. The average Bonchev–Trinajstić information content (AvgIpc) is 2.86. The summed E-state index contributed by atoms with van der Waals surface area (Å²) < 4.78 is 11.4. The van der Waals surface area contributed by atoms with Crippen molar-refractivity contribution in [3.05, 3.63) is 47.8 Å². The molecular formula is C17H19NO4. The fourth-order valence-corrected chi connectivity index (χ4v) is 2.30. The van der Waals surface area contributed by atoms with E-state index >= 15 is 0 Å². The van der Waals surface area contributed by atoms with E-state index in [1.165, 1.54) is 4.57 Å². The molecule has 0 saturated heterocycles. The summed E-state index contributed by atoms with van der Waals surface area (Å²) in [5, 5.41) is 0. The van der Waals surface area contributed by atoms with Crippen molar-refractivity contribution in [1.82, 2.24) is 4.57 Å². The van der Waals surface area contributed by atoms with Gasteiger partial charge in [-0.25, -0.2) is 14.2 Å². The van der Waals surface area contributed by atoms with Gasteiger partial charge in [-0.2, -0.15) is 0 Å². The molecule has 0 N–H and O–H groups in total. The topological polar surface area (TPSA) is 57.5 Å². The predicted octanol–water partition coefficient (Wildman–Crippen LogP) is 3.64. The van der Waals surface area contributed by atoms with Crippen LogP contribution in [0.1, 0.15) is 30.0 Å². The zero-order chi connectivity index (χ0) is 16.1. The molecule has 0 amide bonds. The lowest BCUT2D eigenvalue weighted by Gasteiger charge is -2.10. The standard InChI is InChI=1S/C17H19NO4/c1-4-21-16(19)15-14(13-9-7-6-8-10-13)11-12(3)18(15)17(20)22-5-2/h6-11H,4-5H2,1-3H3. The van der Waals surface area contributed by atoms with Gasteiger partial charge in [0.2, 0.25) is 0 Å². The Hall–Kier alpha value is -2.56. The lowest BCUT2D eigenvalue weighted by molar-refractivity contribution is 0.0512. The molecular weight excluding hydrogens is 282 g/mol. The third-order valence-corrected chi connectivity index (χ3v) is 3.19. The fourth-order valence-electron chi connectivity index (χ4n) is 2.30. The Balaban J connectivity index is 2.62. The van der Waals surface area contributed by atoms with Crippen LogP contribution in [0.2, 0.25) is 0 Å². The van der Waals surface area contributed by atoms with Crippen molar-refractivity contribution >= 4 is 12.1 Å². The molecule has 1 aromatic carbocycles. The Morgan fingerprint density at radius 3 is 2.27 bits per heavy atom. The summed E-state index contributed by atoms with van der Waals surface area (Å²) in [5.41, 5.74) is 2.32. The first kappa shape index (κ1) is 15.8. The van der Waals surface area contributed by atoms with Gasteiger partial charge in [0, 0.05) is 11.3 Å². The van der Waals surface area contributed by atoms with Gasteiger partial charge in [0.1, 0.15) is 5.69 Å². The molecule has 22 heavy (non-hydrogen) atoms. The summed E-state index contributed by atoms with van der Waals surface area (Å²) in [6, 6.07) is 11.2. The van der Waals surface area contributed by atoms with Crippen molar-refractivity contribution in [2.75, 3.05) is 13.2 Å². The lowest BCUT2D eigenvalue weighted by Crippen LogP contribution is -2.21. The number of aromatic nitrogens is 1. The number of rotatable bonds is 4. The Morgan fingerprint density at radius 1 is 1.05 bits per heavy atom. The molecule has 0 spiro atoms. The number of hydrogen-bond acceptors (Lipinski definition) is 4. The Labute approximate surface area is 129 Å². The van der Waals surface area contributed by atoms with Crippen LogP contribution in [0.4, 0.5) is 4.79 Å². The minimum absolute atomic E-state index is 0.198. The van der Waals surface area contributed by atoms with Gasteiger partial charge in [-0.1, -0.05) is 30.3 Å². The quantitative estimate of drug-likeness (QED) is 0.809. The van der Waals surface area contributed by atoms with E-state index in [9.17, 15) is 9.59 Å². The Kier molecular flexibility index (Phi) is 4.99. The van der Waals surface area contributed by atoms with Gasteiger partial charge >= 0.3 is 12.1 Å². The van der Waals surface area contributed by atoms with Gasteiger partial charge in [-0.05, 0) is 32.4 Å². The van der Waals surface area contributed by atoms with E-state index in [-0.39, 0.29) is 18.9 Å². The molecule has 5 heteroatoms. The second-order valence-electron chi connectivity index (χ2n) is 4.67. The molecule has 0 radical (unpaired) electrons. The predicted molar refractivity (Wildman–Crippen MR) is 83.0 cm³/mol. The molecule has 1 heterocycles. The highest BCUT2D eigenvalue weighted by molar-refractivity contribution is 5.99. The summed E-state index contributed by atoms with van der Waals surface area (Å²) in [7, 11) is 0. The van der Waals surface area contributed by atoms with Crippen LogP contribution in [-0.4, -0.2) is 29.8 Å². The molecule has 0 atom stereocenters. The van der Waals surface area contributed by atoms with E-state index in [2.05, 4.69) is 0 Å². The maximum Gasteiger partial charge on any atom is 0.418 e. The molecule has 1 aromatic heterocycles. The van der Waals surface area contributed by atoms with Gasteiger partial charge < -0.3 is 9.47 Å². The minimum atomic E-state index is -0.578. The highest BCUT2D eigenvalue weighted by Gasteiger charge is 2.26. The van der Waals surface area contributed by atoms with Crippen molar-refractivity contribution in [1.29, 1.82) is 0 Å². The van der Waals surface area contributed by atoms with Crippen molar-refractivity contribution in [2.45, 2.75) is 20.8 Å². The molecule has 0 aliphatic rings. The molecule has 5 nitrogen and oxygen atoms in total. The number of hydrogen-bond donors (Lipinski definition) is 0. The number of aryl methyl sites for hydroxylation is 1. The Bertz CT molecular complexity index is 673. The van der Waals surface area contributed by atoms with Crippen molar-refractivity contribution < 1.29 is 19.1 Å². The van der Waals surface area contributed by atoms with E-state index in [0.717, 1.165) is 5.56 Å². The van der Waals surface area contributed by atoms with Crippen LogP contribution in [0.3, 0.4) is 0 Å². The van der Waals surface area contributed by atoms with Crippen LogP contribution >= 0.6 is 0 Å². The van der Waals surface area contributed by atoms with Crippen molar-refractivity contribution in [3.63, 3.8) is 0 Å². The number of carbonyl (C=O) groups excluding carboxylic acids is 2. The van der Waals surface area contributed by atoms with Gasteiger partial charge in [0.15, 0.2) is 0 Å². The molecule has 2 aromatic rings. The average molecular weight is 301 g/mol. The third-order valence-electron chi connectivity index (χ3n) is 3.19. The molecule has 0 unspecified atom stereocenters. The molecule has 2 rings (SSSR count). The molecule has 0 saturated carbocycles. The van der Waals surface area contributed by atoms with Gasteiger partial charge in [0.05, 0.1) is 13.2 Å². The first-order valence-corrected chi connectivity index (χ1v) is 7.22. The van der Waals surface area contributed by atoms with Gasteiger partial charge in [-0.15, -0.1) is 0 Å². The number of carbonyl (C=O) groups is 2. The van der Waals surface area contributed by atoms with Crippen LogP contribution in [0.15, 0.2) is 36.4 Å². The second-order valence-corrected chi connectivity index (χ2v) is 4.67. The van der Waals surface area contributed by atoms with E-state index < -0.39 is 12.1 Å². The second kappa shape index (κ2) is 6.93. The first-order chi connectivity index (χ1) is 10.6. The van der Waals surface area contributed by atoms with Crippen LogP contribution < -0.4 is 0 Å². The largest absolute Gasteiger partial charge is 0.461 e. The lowest BCUT2D eigenvalue weighted by atomic mass is 10.1. The van der Waals surface area contributed by atoms with E-state index in [0.29, 0.717) is 11.3 Å². The molecule has 116 valence electrons. The summed E-state index contributed by atoms with van der Waals surface area (Å²) >= 11 is 0. The normalized spacial score (nSPS) is 10.3. The zero-order valence-corrected chi connectivity index (χ0v) is 13.0. The van der Waals surface area contributed by atoms with Crippen LogP contribution in [0.5, 0.6) is 0 Å².